The van der Waals surface area contributed by atoms with Crippen LogP contribution in [0.1, 0.15) is 24.5 Å². The molecule has 0 unspecified atom stereocenters. The molecule has 1 aliphatic carbocycles. The van der Waals surface area contributed by atoms with Gasteiger partial charge in [-0.1, -0.05) is 24.3 Å². The Labute approximate surface area is 129 Å². The Morgan fingerprint density at radius 2 is 1.95 bits per heavy atom. The first-order valence-corrected chi connectivity index (χ1v) is 9.18. The van der Waals surface area contributed by atoms with Crippen molar-refractivity contribution in [2.24, 2.45) is 5.92 Å². The monoisotopic (exact) mass is 308 g/mol. The Morgan fingerprint density at radius 1 is 1.33 bits per heavy atom. The van der Waals surface area contributed by atoms with Crippen molar-refractivity contribution in [2.45, 2.75) is 32.2 Å². The molecule has 0 aromatic heterocycles. The second-order valence-electron chi connectivity index (χ2n) is 5.87. The highest BCUT2D eigenvalue weighted by molar-refractivity contribution is 7.84. The van der Waals surface area contributed by atoms with Crippen LogP contribution in [0.4, 0.5) is 4.79 Å². The number of amides is 2. The Balaban J connectivity index is 1.64. The quantitative estimate of drug-likeness (QED) is 0.843. The van der Waals surface area contributed by atoms with Gasteiger partial charge in [0.05, 0.1) is 0 Å². The summed E-state index contributed by atoms with van der Waals surface area (Å²) in [6.45, 7) is 2.56. The highest BCUT2D eigenvalue weighted by Crippen LogP contribution is 2.28. The molecule has 0 saturated heterocycles. The number of benzene rings is 1. The molecule has 0 radical (unpaired) electrons. The number of nitrogens with one attached hydrogen (secondary N) is 2. The Morgan fingerprint density at radius 3 is 2.52 bits per heavy atom. The van der Waals surface area contributed by atoms with E-state index in [0.717, 1.165) is 19.3 Å². The third-order valence-electron chi connectivity index (χ3n) is 3.84. The zero-order chi connectivity index (χ0) is 15.2. The minimum absolute atomic E-state index is 0.0634. The van der Waals surface area contributed by atoms with Crippen molar-refractivity contribution >= 4 is 16.8 Å². The maximum Gasteiger partial charge on any atom is 0.315 e. The molecule has 1 aliphatic rings. The standard InChI is InChI=1S/C16H24N2O2S/c1-12(11-21(2)20)18-16(19)17-8-7-13-9-14-5-3-4-6-15(14)10-13/h3-6,12-13H,7-11H2,1-2H3,(H2,17,18,19)/t12-,21-/m1/s1. The van der Waals surface area contributed by atoms with E-state index in [1.165, 1.54) is 11.1 Å². The molecule has 1 aromatic rings. The normalized spacial score (nSPS) is 17.0. The highest BCUT2D eigenvalue weighted by Gasteiger charge is 2.20. The molecular formula is C16H24N2O2S. The predicted molar refractivity (Wildman–Crippen MR) is 86.9 cm³/mol. The molecule has 2 rings (SSSR count). The van der Waals surface area contributed by atoms with Crippen LogP contribution in [0.5, 0.6) is 0 Å². The van der Waals surface area contributed by atoms with Crippen molar-refractivity contribution in [2.75, 3.05) is 18.6 Å². The number of carbonyl (C=O) groups excluding carboxylic acids is 1. The van der Waals surface area contributed by atoms with Gasteiger partial charge in [-0.2, -0.15) is 0 Å². The number of hydrogen-bond acceptors (Lipinski definition) is 2. The molecule has 2 amide bonds. The van der Waals surface area contributed by atoms with E-state index < -0.39 is 10.8 Å². The molecular weight excluding hydrogens is 284 g/mol. The van der Waals surface area contributed by atoms with Gasteiger partial charge in [-0.05, 0) is 43.2 Å². The molecule has 5 heteroatoms. The van der Waals surface area contributed by atoms with Gasteiger partial charge in [-0.3, -0.25) is 4.21 Å². The van der Waals surface area contributed by atoms with Crippen molar-refractivity contribution in [3.8, 4) is 0 Å². The third-order valence-corrected chi connectivity index (χ3v) is 4.81. The van der Waals surface area contributed by atoms with Crippen LogP contribution in [0.15, 0.2) is 24.3 Å². The molecule has 116 valence electrons. The summed E-state index contributed by atoms with van der Waals surface area (Å²) in [4.78, 5) is 11.7. The number of hydrogen-bond donors (Lipinski definition) is 2. The van der Waals surface area contributed by atoms with E-state index in [1.807, 2.05) is 6.92 Å². The van der Waals surface area contributed by atoms with Crippen molar-refractivity contribution in [1.82, 2.24) is 10.6 Å². The maximum absolute atomic E-state index is 11.7. The van der Waals surface area contributed by atoms with Crippen molar-refractivity contribution in [1.29, 1.82) is 0 Å². The molecule has 0 aliphatic heterocycles. The van der Waals surface area contributed by atoms with Crippen LogP contribution in [0.3, 0.4) is 0 Å². The van der Waals surface area contributed by atoms with Gasteiger partial charge in [0, 0.05) is 35.4 Å². The molecule has 2 N–H and O–H groups in total. The van der Waals surface area contributed by atoms with Crippen LogP contribution in [0, 0.1) is 5.92 Å². The second-order valence-corrected chi connectivity index (χ2v) is 7.35. The maximum atomic E-state index is 11.7. The second kappa shape index (κ2) is 7.59. The molecule has 0 fully saturated rings. The van der Waals surface area contributed by atoms with Crippen LogP contribution in [0.25, 0.3) is 0 Å². The van der Waals surface area contributed by atoms with Crippen LogP contribution in [0.2, 0.25) is 0 Å². The SMILES string of the molecule is C[C@H](C[S@@](C)=O)NC(=O)NCCC1Cc2ccccc2C1. The number of carbonyl (C=O) groups is 1. The lowest BCUT2D eigenvalue weighted by Crippen LogP contribution is -2.43. The van der Waals surface area contributed by atoms with Crippen LogP contribution < -0.4 is 10.6 Å². The lowest BCUT2D eigenvalue weighted by Gasteiger charge is -2.14. The summed E-state index contributed by atoms with van der Waals surface area (Å²) in [6, 6.07) is 8.34. The van der Waals surface area contributed by atoms with Gasteiger partial charge >= 0.3 is 6.03 Å². The van der Waals surface area contributed by atoms with Gasteiger partial charge in [-0.25, -0.2) is 4.79 Å². The number of fused-ring (bicyclic) bond motifs is 1. The molecule has 0 heterocycles. The first-order valence-electron chi connectivity index (χ1n) is 7.45. The summed E-state index contributed by atoms with van der Waals surface area (Å²) < 4.78 is 11.1. The average Bonchev–Trinajstić information content (AvgIpc) is 2.79. The van der Waals surface area contributed by atoms with Crippen molar-refractivity contribution in [3.05, 3.63) is 35.4 Å². The first kappa shape index (κ1) is 16.0. The molecule has 2 atom stereocenters. The molecule has 21 heavy (non-hydrogen) atoms. The number of rotatable bonds is 6. The Kier molecular flexibility index (Phi) is 5.79. The summed E-state index contributed by atoms with van der Waals surface area (Å²) in [7, 11) is -0.885. The van der Waals surface area contributed by atoms with E-state index >= 15 is 0 Å². The van der Waals surface area contributed by atoms with E-state index in [9.17, 15) is 9.00 Å². The largest absolute Gasteiger partial charge is 0.338 e. The highest BCUT2D eigenvalue weighted by atomic mass is 32.2. The summed E-state index contributed by atoms with van der Waals surface area (Å²) >= 11 is 0. The fraction of sp³-hybridized carbons (Fsp3) is 0.562. The molecule has 0 bridgehead atoms. The topological polar surface area (TPSA) is 58.2 Å². The molecule has 1 aromatic carbocycles. The first-order chi connectivity index (χ1) is 10.0. The van der Waals surface area contributed by atoms with E-state index in [1.54, 1.807) is 6.26 Å². The van der Waals surface area contributed by atoms with Crippen molar-refractivity contribution in [3.63, 3.8) is 0 Å². The Hall–Kier alpha value is -1.36. The fourth-order valence-electron chi connectivity index (χ4n) is 2.91. The van der Waals surface area contributed by atoms with Crippen LogP contribution in [-0.2, 0) is 23.6 Å². The van der Waals surface area contributed by atoms with Crippen LogP contribution >= 0.6 is 0 Å². The van der Waals surface area contributed by atoms with E-state index in [-0.39, 0.29) is 12.1 Å². The van der Waals surface area contributed by atoms with Gasteiger partial charge < -0.3 is 10.6 Å². The lowest BCUT2D eigenvalue weighted by molar-refractivity contribution is 0.238. The van der Waals surface area contributed by atoms with Gasteiger partial charge in [0.1, 0.15) is 0 Å². The van der Waals surface area contributed by atoms with Gasteiger partial charge in [0.25, 0.3) is 0 Å². The molecule has 0 spiro atoms. The smallest absolute Gasteiger partial charge is 0.315 e. The summed E-state index contributed by atoms with van der Waals surface area (Å²) in [6.07, 6.45) is 4.87. The predicted octanol–water partition coefficient (Wildman–Crippen LogP) is 1.86. The van der Waals surface area contributed by atoms with Crippen LogP contribution in [-0.4, -0.2) is 34.8 Å². The molecule has 0 saturated carbocycles. The summed E-state index contributed by atoms with van der Waals surface area (Å²) in [5.74, 6) is 1.12. The summed E-state index contributed by atoms with van der Waals surface area (Å²) in [5, 5.41) is 5.70. The van der Waals surface area contributed by atoms with Gasteiger partial charge in [0.15, 0.2) is 0 Å². The minimum Gasteiger partial charge on any atom is -0.338 e. The molecule has 4 nitrogen and oxygen atoms in total. The summed E-state index contributed by atoms with van der Waals surface area (Å²) in [5.41, 5.74) is 2.90. The minimum atomic E-state index is -0.885. The Bertz CT molecular complexity index is 494. The van der Waals surface area contributed by atoms with Gasteiger partial charge in [0.2, 0.25) is 0 Å². The fourth-order valence-corrected chi connectivity index (χ4v) is 3.70. The average molecular weight is 308 g/mol. The van der Waals surface area contributed by atoms with Crippen molar-refractivity contribution < 1.29 is 9.00 Å². The van der Waals surface area contributed by atoms with Gasteiger partial charge in [-0.15, -0.1) is 0 Å². The zero-order valence-corrected chi connectivity index (χ0v) is 13.5. The third kappa shape index (κ3) is 5.16. The van der Waals surface area contributed by atoms with E-state index in [2.05, 4.69) is 34.9 Å². The van der Waals surface area contributed by atoms with E-state index in [0.29, 0.717) is 18.2 Å². The zero-order valence-electron chi connectivity index (χ0n) is 12.7. The lowest BCUT2D eigenvalue weighted by atomic mass is 10.0. The van der Waals surface area contributed by atoms with E-state index in [4.69, 9.17) is 0 Å². The number of urea groups is 1.